The van der Waals surface area contributed by atoms with E-state index in [1.165, 1.54) is 0 Å². The van der Waals surface area contributed by atoms with E-state index in [1.54, 1.807) is 14.0 Å². The first-order valence-electron chi connectivity index (χ1n) is 8.67. The predicted octanol–water partition coefficient (Wildman–Crippen LogP) is 3.89. The van der Waals surface area contributed by atoms with Crippen LogP contribution in [0.15, 0.2) is 46.8 Å². The van der Waals surface area contributed by atoms with Crippen molar-refractivity contribution in [3.05, 3.63) is 52.4 Å². The lowest BCUT2D eigenvalue weighted by Gasteiger charge is -2.39. The predicted molar refractivity (Wildman–Crippen MR) is 97.3 cm³/mol. The molecule has 0 saturated heterocycles. The number of allylic oxidation sites excluding steroid dienone is 4. The van der Waals surface area contributed by atoms with E-state index in [0.717, 1.165) is 41.1 Å². The molecule has 0 fully saturated rings. The molecule has 4 heteroatoms. The highest BCUT2D eigenvalue weighted by Crippen LogP contribution is 2.47. The molecule has 2 aliphatic rings. The van der Waals surface area contributed by atoms with Crippen LogP contribution in [0.5, 0.6) is 5.75 Å². The molecule has 1 unspecified atom stereocenters. The molecule has 0 saturated carbocycles. The standard InChI is InChI=1S/C21H25NO3/c1-12-17(13(2)23)18(14-7-6-8-15(11-14)25-5)19-16(22-12)9-10-21(3,4)20(19)24/h6-8,11,18,22H,9-10H2,1-5H3. The highest BCUT2D eigenvalue weighted by atomic mass is 16.5. The molecule has 0 spiro atoms. The summed E-state index contributed by atoms with van der Waals surface area (Å²) >= 11 is 0. The van der Waals surface area contributed by atoms with Crippen molar-refractivity contribution >= 4 is 11.6 Å². The average Bonchev–Trinajstić information content (AvgIpc) is 2.57. The minimum Gasteiger partial charge on any atom is -0.497 e. The number of nitrogens with one attached hydrogen (secondary N) is 1. The SMILES string of the molecule is COc1cccc(C2C(C(C)=O)=C(C)NC3=C2C(=O)C(C)(C)CC3)c1. The zero-order valence-electron chi connectivity index (χ0n) is 15.5. The van der Waals surface area contributed by atoms with E-state index in [0.29, 0.717) is 5.57 Å². The Morgan fingerprint density at radius 1 is 1.32 bits per heavy atom. The minimum atomic E-state index is -0.412. The summed E-state index contributed by atoms with van der Waals surface area (Å²) in [6, 6.07) is 7.67. The van der Waals surface area contributed by atoms with Crippen LogP contribution >= 0.6 is 0 Å². The molecule has 1 aliphatic heterocycles. The topological polar surface area (TPSA) is 55.4 Å². The Morgan fingerprint density at radius 3 is 2.68 bits per heavy atom. The van der Waals surface area contributed by atoms with Gasteiger partial charge in [-0.05, 0) is 44.4 Å². The van der Waals surface area contributed by atoms with E-state index in [-0.39, 0.29) is 17.5 Å². The van der Waals surface area contributed by atoms with Crippen LogP contribution in [0.2, 0.25) is 0 Å². The van der Waals surface area contributed by atoms with Gasteiger partial charge in [-0.2, -0.15) is 0 Å². The number of rotatable bonds is 3. The Hall–Kier alpha value is -2.36. The molecule has 3 rings (SSSR count). The molecule has 1 N–H and O–H groups in total. The van der Waals surface area contributed by atoms with Gasteiger partial charge in [0.2, 0.25) is 0 Å². The fourth-order valence-electron chi connectivity index (χ4n) is 3.90. The third-order valence-corrected chi connectivity index (χ3v) is 5.31. The molecule has 1 aliphatic carbocycles. The van der Waals surface area contributed by atoms with E-state index in [4.69, 9.17) is 4.74 Å². The Labute approximate surface area is 149 Å². The van der Waals surface area contributed by atoms with Gasteiger partial charge >= 0.3 is 0 Å². The van der Waals surface area contributed by atoms with Crippen molar-refractivity contribution in [2.45, 2.75) is 46.5 Å². The van der Waals surface area contributed by atoms with Gasteiger partial charge in [0.15, 0.2) is 11.6 Å². The molecule has 4 nitrogen and oxygen atoms in total. The number of hydrogen-bond donors (Lipinski definition) is 1. The lowest BCUT2D eigenvalue weighted by atomic mass is 9.67. The molecule has 1 aromatic carbocycles. The molecule has 132 valence electrons. The summed E-state index contributed by atoms with van der Waals surface area (Å²) in [5, 5.41) is 3.33. The van der Waals surface area contributed by atoms with Gasteiger partial charge in [-0.15, -0.1) is 0 Å². The molecule has 0 aromatic heterocycles. The summed E-state index contributed by atoms with van der Waals surface area (Å²) in [7, 11) is 1.62. The van der Waals surface area contributed by atoms with E-state index >= 15 is 0 Å². The summed E-state index contributed by atoms with van der Waals surface area (Å²) < 4.78 is 5.35. The van der Waals surface area contributed by atoms with Gasteiger partial charge in [0.05, 0.1) is 7.11 Å². The van der Waals surface area contributed by atoms with Crippen LogP contribution in [0.3, 0.4) is 0 Å². The van der Waals surface area contributed by atoms with Gasteiger partial charge in [0.25, 0.3) is 0 Å². The highest BCUT2D eigenvalue weighted by Gasteiger charge is 2.43. The van der Waals surface area contributed by atoms with Crippen LogP contribution in [0.1, 0.15) is 52.0 Å². The van der Waals surface area contributed by atoms with E-state index in [9.17, 15) is 9.59 Å². The van der Waals surface area contributed by atoms with Gasteiger partial charge in [-0.25, -0.2) is 0 Å². The van der Waals surface area contributed by atoms with Crippen molar-refractivity contribution in [2.75, 3.05) is 7.11 Å². The highest BCUT2D eigenvalue weighted by molar-refractivity contribution is 6.07. The monoisotopic (exact) mass is 339 g/mol. The van der Waals surface area contributed by atoms with Gasteiger partial charge in [0.1, 0.15) is 5.75 Å². The smallest absolute Gasteiger partial charge is 0.167 e. The van der Waals surface area contributed by atoms with Crippen LogP contribution < -0.4 is 10.1 Å². The first-order chi connectivity index (χ1) is 11.8. The fourth-order valence-corrected chi connectivity index (χ4v) is 3.90. The van der Waals surface area contributed by atoms with Crippen LogP contribution in [0.25, 0.3) is 0 Å². The van der Waals surface area contributed by atoms with Crippen LogP contribution in [0, 0.1) is 5.41 Å². The molecule has 0 amide bonds. The molecule has 1 atom stereocenters. The Bertz CT molecular complexity index is 814. The van der Waals surface area contributed by atoms with Crippen molar-refractivity contribution in [3.63, 3.8) is 0 Å². The second kappa shape index (κ2) is 6.17. The minimum absolute atomic E-state index is 0.0134. The maximum absolute atomic E-state index is 13.2. The maximum Gasteiger partial charge on any atom is 0.167 e. The number of dihydropyridines is 1. The first-order valence-corrected chi connectivity index (χ1v) is 8.67. The lowest BCUT2D eigenvalue weighted by molar-refractivity contribution is -0.124. The van der Waals surface area contributed by atoms with Crippen molar-refractivity contribution in [1.82, 2.24) is 5.32 Å². The van der Waals surface area contributed by atoms with Gasteiger partial charge in [0, 0.05) is 33.9 Å². The van der Waals surface area contributed by atoms with Crippen molar-refractivity contribution in [2.24, 2.45) is 5.41 Å². The van der Waals surface area contributed by atoms with Gasteiger partial charge < -0.3 is 10.1 Å². The third kappa shape index (κ3) is 2.90. The summed E-state index contributed by atoms with van der Waals surface area (Å²) in [4.78, 5) is 25.7. The molecule has 0 radical (unpaired) electrons. The lowest BCUT2D eigenvalue weighted by Crippen LogP contribution is -2.40. The zero-order chi connectivity index (χ0) is 18.4. The molecular formula is C21H25NO3. The van der Waals surface area contributed by atoms with E-state index in [1.807, 2.05) is 45.0 Å². The summed E-state index contributed by atoms with van der Waals surface area (Å²) in [5.41, 5.74) is 3.71. The van der Waals surface area contributed by atoms with E-state index < -0.39 is 5.41 Å². The summed E-state index contributed by atoms with van der Waals surface area (Å²) in [6.07, 6.45) is 1.63. The molecule has 1 aromatic rings. The number of methoxy groups -OCH3 is 1. The molecular weight excluding hydrogens is 314 g/mol. The number of carbonyl (C=O) groups is 2. The number of Topliss-reactive ketones (excluding diaryl/α,β-unsaturated/α-hetero) is 2. The molecule has 1 heterocycles. The van der Waals surface area contributed by atoms with Crippen molar-refractivity contribution < 1.29 is 14.3 Å². The van der Waals surface area contributed by atoms with Crippen LogP contribution in [-0.4, -0.2) is 18.7 Å². The summed E-state index contributed by atoms with van der Waals surface area (Å²) in [6.45, 7) is 7.45. The van der Waals surface area contributed by atoms with Crippen molar-refractivity contribution in [3.8, 4) is 5.75 Å². The number of benzene rings is 1. The maximum atomic E-state index is 13.2. The number of ketones is 2. The Morgan fingerprint density at radius 2 is 2.04 bits per heavy atom. The number of carbonyl (C=O) groups excluding carboxylic acids is 2. The third-order valence-electron chi connectivity index (χ3n) is 5.31. The Balaban J connectivity index is 2.23. The Kier molecular flexibility index (Phi) is 4.31. The second-order valence-corrected chi connectivity index (χ2v) is 7.53. The number of ether oxygens (including phenoxy) is 1. The summed E-state index contributed by atoms with van der Waals surface area (Å²) in [5.74, 6) is 0.498. The molecule has 25 heavy (non-hydrogen) atoms. The number of hydrogen-bond acceptors (Lipinski definition) is 4. The normalized spacial score (nSPS) is 22.4. The zero-order valence-corrected chi connectivity index (χ0v) is 15.5. The fraction of sp³-hybridized carbons (Fsp3) is 0.429. The van der Waals surface area contributed by atoms with Crippen LogP contribution in [-0.2, 0) is 9.59 Å². The largest absolute Gasteiger partial charge is 0.497 e. The van der Waals surface area contributed by atoms with Gasteiger partial charge in [-0.3, -0.25) is 9.59 Å². The van der Waals surface area contributed by atoms with Crippen LogP contribution in [0.4, 0.5) is 0 Å². The average molecular weight is 339 g/mol. The quantitative estimate of drug-likeness (QED) is 0.908. The van der Waals surface area contributed by atoms with Gasteiger partial charge in [-0.1, -0.05) is 26.0 Å². The molecule has 0 bridgehead atoms. The van der Waals surface area contributed by atoms with Crippen molar-refractivity contribution in [1.29, 1.82) is 0 Å². The first kappa shape index (κ1) is 17.5. The van der Waals surface area contributed by atoms with E-state index in [2.05, 4.69) is 5.32 Å². The second-order valence-electron chi connectivity index (χ2n) is 7.53.